The molecule has 0 aromatic heterocycles. The highest BCUT2D eigenvalue weighted by Crippen LogP contribution is 2.37. The second-order valence-corrected chi connectivity index (χ2v) is 6.74. The van der Waals surface area contributed by atoms with Crippen LogP contribution in [0.1, 0.15) is 49.9 Å². The van der Waals surface area contributed by atoms with Crippen molar-refractivity contribution < 1.29 is 9.53 Å². The van der Waals surface area contributed by atoms with Crippen LogP contribution in [-0.4, -0.2) is 31.0 Å². The lowest BCUT2D eigenvalue weighted by atomic mass is 9.75. The van der Waals surface area contributed by atoms with Gasteiger partial charge >= 0.3 is 0 Å². The summed E-state index contributed by atoms with van der Waals surface area (Å²) in [6, 6.07) is 5.62. The quantitative estimate of drug-likeness (QED) is 0.869. The number of para-hydroxylation sites is 1. The van der Waals surface area contributed by atoms with E-state index in [0.29, 0.717) is 28.5 Å². The van der Waals surface area contributed by atoms with Crippen LogP contribution in [0.2, 0.25) is 0 Å². The third-order valence-corrected chi connectivity index (χ3v) is 4.66. The molecule has 1 aromatic carbocycles. The molecule has 0 radical (unpaired) electrons. The number of nitrogens with zero attached hydrogens (tertiary/aromatic N) is 1. The molecule has 0 spiro atoms. The lowest BCUT2D eigenvalue weighted by Crippen LogP contribution is -2.41. The molecule has 0 atom stereocenters. The van der Waals surface area contributed by atoms with E-state index in [2.05, 4.69) is 13.8 Å². The number of carbonyl (C=O) groups excluding carboxylic acids is 1. The van der Waals surface area contributed by atoms with Crippen LogP contribution >= 0.6 is 0 Å². The van der Waals surface area contributed by atoms with Gasteiger partial charge in [0, 0.05) is 13.1 Å². The molecule has 0 heterocycles. The molecule has 2 rings (SSSR count). The van der Waals surface area contributed by atoms with E-state index < -0.39 is 0 Å². The molecule has 2 N–H and O–H groups in total. The number of hydrogen-bond donors (Lipinski definition) is 1. The SMILES string of the molecule is COc1c(N)cccc1C(=O)N(C)C1CCC(C)(C)CC1. The van der Waals surface area contributed by atoms with E-state index in [9.17, 15) is 4.79 Å². The molecule has 0 unspecified atom stereocenters. The van der Waals surface area contributed by atoms with Crippen molar-refractivity contribution in [2.45, 2.75) is 45.6 Å². The number of benzene rings is 1. The van der Waals surface area contributed by atoms with Crippen LogP contribution in [0.5, 0.6) is 5.75 Å². The molecule has 1 aliphatic carbocycles. The molecule has 21 heavy (non-hydrogen) atoms. The lowest BCUT2D eigenvalue weighted by Gasteiger charge is -2.38. The predicted octanol–water partition coefficient (Wildman–Crippen LogP) is 3.32. The van der Waals surface area contributed by atoms with Gasteiger partial charge in [-0.2, -0.15) is 0 Å². The first-order chi connectivity index (χ1) is 9.85. The van der Waals surface area contributed by atoms with Crippen molar-refractivity contribution in [2.24, 2.45) is 5.41 Å². The third kappa shape index (κ3) is 3.31. The molecule has 1 fully saturated rings. The summed E-state index contributed by atoms with van der Waals surface area (Å²) in [6.07, 6.45) is 4.42. The monoisotopic (exact) mass is 290 g/mol. The van der Waals surface area contributed by atoms with Gasteiger partial charge in [-0.05, 0) is 43.2 Å². The van der Waals surface area contributed by atoms with E-state index in [-0.39, 0.29) is 5.91 Å². The zero-order valence-electron chi connectivity index (χ0n) is 13.5. The fourth-order valence-corrected chi connectivity index (χ4v) is 3.08. The van der Waals surface area contributed by atoms with Crippen molar-refractivity contribution in [3.8, 4) is 5.75 Å². The van der Waals surface area contributed by atoms with Crippen molar-refractivity contribution in [1.82, 2.24) is 4.90 Å². The van der Waals surface area contributed by atoms with Crippen LogP contribution in [0, 0.1) is 5.41 Å². The standard InChI is InChI=1S/C17H26N2O2/c1-17(2)10-8-12(9-11-17)19(3)16(20)13-6-5-7-14(18)15(13)21-4/h5-7,12H,8-11,18H2,1-4H3. The summed E-state index contributed by atoms with van der Waals surface area (Å²) < 4.78 is 5.30. The first kappa shape index (κ1) is 15.7. The van der Waals surface area contributed by atoms with Gasteiger partial charge in [0.2, 0.25) is 0 Å². The normalized spacial score (nSPS) is 18.3. The van der Waals surface area contributed by atoms with E-state index in [0.717, 1.165) is 25.7 Å². The Bertz CT molecular complexity index is 516. The van der Waals surface area contributed by atoms with Gasteiger partial charge in [-0.1, -0.05) is 19.9 Å². The minimum atomic E-state index is -0.0103. The Morgan fingerprint density at radius 3 is 2.52 bits per heavy atom. The molecule has 0 bridgehead atoms. The summed E-state index contributed by atoms with van der Waals surface area (Å²) in [6.45, 7) is 4.60. The third-order valence-electron chi connectivity index (χ3n) is 4.66. The number of nitrogens with two attached hydrogens (primary N) is 1. The van der Waals surface area contributed by atoms with Crippen LogP contribution in [-0.2, 0) is 0 Å². The number of anilines is 1. The highest BCUT2D eigenvalue weighted by Gasteiger charge is 2.31. The Hall–Kier alpha value is -1.71. The molecule has 1 aromatic rings. The predicted molar refractivity (Wildman–Crippen MR) is 85.5 cm³/mol. The van der Waals surface area contributed by atoms with Crippen molar-refractivity contribution in [3.05, 3.63) is 23.8 Å². The Kier molecular flexibility index (Phi) is 4.45. The summed E-state index contributed by atoms with van der Waals surface area (Å²) in [4.78, 5) is 14.6. The number of ether oxygens (including phenoxy) is 1. The maximum atomic E-state index is 12.7. The van der Waals surface area contributed by atoms with E-state index in [1.54, 1.807) is 25.3 Å². The van der Waals surface area contributed by atoms with Crippen LogP contribution < -0.4 is 10.5 Å². The zero-order valence-corrected chi connectivity index (χ0v) is 13.5. The molecule has 4 nitrogen and oxygen atoms in total. The van der Waals surface area contributed by atoms with Gasteiger partial charge in [0.25, 0.3) is 5.91 Å². The fourth-order valence-electron chi connectivity index (χ4n) is 3.08. The number of hydrogen-bond acceptors (Lipinski definition) is 3. The van der Waals surface area contributed by atoms with Crippen molar-refractivity contribution in [2.75, 3.05) is 19.9 Å². The van der Waals surface area contributed by atoms with Crippen LogP contribution in [0.4, 0.5) is 5.69 Å². The number of nitrogen functional groups attached to an aromatic ring is 1. The average Bonchev–Trinajstić information content (AvgIpc) is 2.45. The number of rotatable bonds is 3. The highest BCUT2D eigenvalue weighted by atomic mass is 16.5. The van der Waals surface area contributed by atoms with Gasteiger partial charge in [0.15, 0.2) is 5.75 Å². The fraction of sp³-hybridized carbons (Fsp3) is 0.588. The molecule has 0 saturated heterocycles. The van der Waals surface area contributed by atoms with Gasteiger partial charge in [-0.3, -0.25) is 4.79 Å². The summed E-state index contributed by atoms with van der Waals surface area (Å²) in [5.74, 6) is 0.467. The largest absolute Gasteiger partial charge is 0.494 e. The number of carbonyl (C=O) groups is 1. The van der Waals surface area contributed by atoms with Crippen molar-refractivity contribution >= 4 is 11.6 Å². The average molecular weight is 290 g/mol. The topological polar surface area (TPSA) is 55.6 Å². The van der Waals surface area contributed by atoms with E-state index in [1.807, 2.05) is 11.9 Å². The smallest absolute Gasteiger partial charge is 0.257 e. The second kappa shape index (κ2) is 5.96. The Morgan fingerprint density at radius 1 is 1.33 bits per heavy atom. The van der Waals surface area contributed by atoms with Crippen LogP contribution in [0.3, 0.4) is 0 Å². The van der Waals surface area contributed by atoms with Gasteiger partial charge in [0.1, 0.15) is 0 Å². The molecule has 0 aliphatic heterocycles. The van der Waals surface area contributed by atoms with Gasteiger partial charge < -0.3 is 15.4 Å². The van der Waals surface area contributed by atoms with Crippen LogP contribution in [0.25, 0.3) is 0 Å². The molecular weight excluding hydrogens is 264 g/mol. The van der Waals surface area contributed by atoms with Gasteiger partial charge in [-0.25, -0.2) is 0 Å². The summed E-state index contributed by atoms with van der Waals surface area (Å²) in [5.41, 5.74) is 7.33. The zero-order chi connectivity index (χ0) is 15.6. The molecule has 116 valence electrons. The second-order valence-electron chi connectivity index (χ2n) is 6.74. The van der Waals surface area contributed by atoms with Crippen molar-refractivity contribution in [3.63, 3.8) is 0 Å². The van der Waals surface area contributed by atoms with Crippen molar-refractivity contribution in [1.29, 1.82) is 0 Å². The maximum absolute atomic E-state index is 12.7. The van der Waals surface area contributed by atoms with E-state index in [4.69, 9.17) is 10.5 Å². The minimum Gasteiger partial charge on any atom is -0.494 e. The Labute approximate surface area is 127 Å². The molecule has 4 heteroatoms. The van der Waals surface area contributed by atoms with Gasteiger partial charge in [-0.15, -0.1) is 0 Å². The number of methoxy groups -OCH3 is 1. The lowest BCUT2D eigenvalue weighted by molar-refractivity contribution is 0.0632. The first-order valence-corrected chi connectivity index (χ1v) is 7.55. The molecule has 1 saturated carbocycles. The first-order valence-electron chi connectivity index (χ1n) is 7.55. The highest BCUT2D eigenvalue weighted by molar-refractivity contribution is 5.98. The maximum Gasteiger partial charge on any atom is 0.257 e. The molecule has 1 aliphatic rings. The molecule has 1 amide bonds. The van der Waals surface area contributed by atoms with Crippen LogP contribution in [0.15, 0.2) is 18.2 Å². The van der Waals surface area contributed by atoms with E-state index in [1.165, 1.54) is 0 Å². The summed E-state index contributed by atoms with van der Waals surface area (Å²) >= 11 is 0. The van der Waals surface area contributed by atoms with Gasteiger partial charge in [0.05, 0.1) is 18.4 Å². The summed E-state index contributed by atoms with van der Waals surface area (Å²) in [7, 11) is 3.43. The molecular formula is C17H26N2O2. The Morgan fingerprint density at radius 2 is 1.95 bits per heavy atom. The van der Waals surface area contributed by atoms with E-state index >= 15 is 0 Å². The number of amides is 1. The minimum absolute atomic E-state index is 0.0103. The summed E-state index contributed by atoms with van der Waals surface area (Å²) in [5, 5.41) is 0. The Balaban J connectivity index is 2.15.